The van der Waals surface area contributed by atoms with Crippen LogP contribution in [0.5, 0.6) is 0 Å². The van der Waals surface area contributed by atoms with Gasteiger partial charge >= 0.3 is 0 Å². The highest BCUT2D eigenvalue weighted by atomic mass is 16.5. The second kappa shape index (κ2) is 5.54. The largest absolute Gasteiger partial charge is 0.396 e. The fourth-order valence-electron chi connectivity index (χ4n) is 1.41. The lowest BCUT2D eigenvalue weighted by Crippen LogP contribution is -2.41. The van der Waals surface area contributed by atoms with E-state index < -0.39 is 0 Å². The molecule has 0 saturated carbocycles. The molecule has 3 unspecified atom stereocenters. The summed E-state index contributed by atoms with van der Waals surface area (Å²) >= 11 is 0. The SMILES string of the molecule is CC(CCO)CNC1COCC1O. The number of hydrogen-bond donors (Lipinski definition) is 3. The van der Waals surface area contributed by atoms with Crippen molar-refractivity contribution in [2.75, 3.05) is 26.4 Å². The minimum absolute atomic E-state index is 0.0705. The van der Waals surface area contributed by atoms with Gasteiger partial charge in [-0.2, -0.15) is 0 Å². The summed E-state index contributed by atoms with van der Waals surface area (Å²) in [4.78, 5) is 0. The topological polar surface area (TPSA) is 61.7 Å². The maximum Gasteiger partial charge on any atom is 0.0948 e. The Balaban J connectivity index is 2.10. The summed E-state index contributed by atoms with van der Waals surface area (Å²) in [6, 6.07) is 0.0705. The molecule has 1 aliphatic heterocycles. The van der Waals surface area contributed by atoms with E-state index in [2.05, 4.69) is 12.2 Å². The molecule has 1 fully saturated rings. The lowest BCUT2D eigenvalue weighted by atomic mass is 10.1. The average Bonchev–Trinajstić information content (AvgIpc) is 2.48. The van der Waals surface area contributed by atoms with Crippen LogP contribution in [-0.2, 0) is 4.74 Å². The van der Waals surface area contributed by atoms with Crippen molar-refractivity contribution in [3.63, 3.8) is 0 Å². The summed E-state index contributed by atoms with van der Waals surface area (Å²) in [6.45, 7) is 4.16. The van der Waals surface area contributed by atoms with Crippen molar-refractivity contribution in [3.05, 3.63) is 0 Å². The first kappa shape index (κ1) is 10.9. The monoisotopic (exact) mass is 189 g/mol. The molecule has 0 aromatic carbocycles. The summed E-state index contributed by atoms with van der Waals surface area (Å²) in [5, 5.41) is 21.3. The Hall–Kier alpha value is -0.160. The molecular weight excluding hydrogens is 170 g/mol. The van der Waals surface area contributed by atoms with Gasteiger partial charge in [0.25, 0.3) is 0 Å². The van der Waals surface area contributed by atoms with Crippen molar-refractivity contribution in [1.82, 2.24) is 5.32 Å². The molecular formula is C9H19NO3. The van der Waals surface area contributed by atoms with Gasteiger partial charge in [-0.3, -0.25) is 0 Å². The van der Waals surface area contributed by atoms with Crippen molar-refractivity contribution in [2.24, 2.45) is 5.92 Å². The highest BCUT2D eigenvalue weighted by Crippen LogP contribution is 2.06. The zero-order valence-electron chi connectivity index (χ0n) is 8.07. The van der Waals surface area contributed by atoms with E-state index in [0.29, 0.717) is 19.1 Å². The Labute approximate surface area is 78.9 Å². The maximum atomic E-state index is 9.39. The van der Waals surface area contributed by atoms with Gasteiger partial charge in [-0.1, -0.05) is 6.92 Å². The Morgan fingerprint density at radius 3 is 2.85 bits per heavy atom. The maximum absolute atomic E-state index is 9.39. The van der Waals surface area contributed by atoms with E-state index in [1.165, 1.54) is 0 Å². The highest BCUT2D eigenvalue weighted by Gasteiger charge is 2.25. The van der Waals surface area contributed by atoms with Crippen LogP contribution in [0.15, 0.2) is 0 Å². The molecule has 0 aromatic rings. The molecule has 13 heavy (non-hydrogen) atoms. The molecule has 1 saturated heterocycles. The van der Waals surface area contributed by atoms with Crippen molar-refractivity contribution < 1.29 is 14.9 Å². The van der Waals surface area contributed by atoms with Crippen LogP contribution in [0, 0.1) is 5.92 Å². The molecule has 0 aromatic heterocycles. The zero-order valence-corrected chi connectivity index (χ0v) is 8.07. The van der Waals surface area contributed by atoms with Gasteiger partial charge in [0, 0.05) is 6.61 Å². The van der Waals surface area contributed by atoms with Gasteiger partial charge in [0.05, 0.1) is 25.4 Å². The van der Waals surface area contributed by atoms with Crippen molar-refractivity contribution in [2.45, 2.75) is 25.5 Å². The second-order valence-corrected chi connectivity index (χ2v) is 3.74. The quantitative estimate of drug-likeness (QED) is 0.538. The molecule has 0 amide bonds. The molecule has 0 bridgehead atoms. The van der Waals surface area contributed by atoms with Crippen LogP contribution in [0.3, 0.4) is 0 Å². The predicted octanol–water partition coefficient (Wildman–Crippen LogP) is -0.646. The minimum Gasteiger partial charge on any atom is -0.396 e. The van der Waals surface area contributed by atoms with Crippen LogP contribution < -0.4 is 5.32 Å². The van der Waals surface area contributed by atoms with E-state index in [1.54, 1.807) is 0 Å². The number of rotatable bonds is 5. The van der Waals surface area contributed by atoms with Crippen LogP contribution >= 0.6 is 0 Å². The van der Waals surface area contributed by atoms with Crippen LogP contribution in [0.1, 0.15) is 13.3 Å². The summed E-state index contributed by atoms with van der Waals surface area (Å²) in [6.07, 6.45) is 0.428. The molecule has 4 nitrogen and oxygen atoms in total. The van der Waals surface area contributed by atoms with E-state index >= 15 is 0 Å². The Bertz CT molecular complexity index is 143. The first-order valence-electron chi connectivity index (χ1n) is 4.84. The van der Waals surface area contributed by atoms with Crippen LogP contribution in [0.25, 0.3) is 0 Å². The molecule has 1 heterocycles. The molecule has 0 spiro atoms. The summed E-state index contributed by atoms with van der Waals surface area (Å²) in [7, 11) is 0. The number of aliphatic hydroxyl groups excluding tert-OH is 2. The molecule has 3 atom stereocenters. The number of aliphatic hydroxyl groups is 2. The van der Waals surface area contributed by atoms with Crippen LogP contribution in [-0.4, -0.2) is 48.7 Å². The third-order valence-corrected chi connectivity index (χ3v) is 2.40. The van der Waals surface area contributed by atoms with Gasteiger partial charge in [-0.25, -0.2) is 0 Å². The normalized spacial score (nSPS) is 30.7. The second-order valence-electron chi connectivity index (χ2n) is 3.74. The van der Waals surface area contributed by atoms with E-state index in [4.69, 9.17) is 9.84 Å². The van der Waals surface area contributed by atoms with Gasteiger partial charge in [0.15, 0.2) is 0 Å². The summed E-state index contributed by atoms with van der Waals surface area (Å²) in [5.74, 6) is 0.442. The van der Waals surface area contributed by atoms with Gasteiger partial charge in [0.1, 0.15) is 0 Å². The number of ether oxygens (including phenoxy) is 1. The number of hydrogen-bond acceptors (Lipinski definition) is 4. The van der Waals surface area contributed by atoms with Crippen molar-refractivity contribution >= 4 is 0 Å². The third kappa shape index (κ3) is 3.60. The highest BCUT2D eigenvalue weighted by molar-refractivity contribution is 4.80. The standard InChI is InChI=1S/C9H19NO3/c1-7(2-3-11)4-10-8-5-13-6-9(8)12/h7-12H,2-6H2,1H3. The van der Waals surface area contributed by atoms with Crippen LogP contribution in [0.4, 0.5) is 0 Å². The predicted molar refractivity (Wildman–Crippen MR) is 49.5 cm³/mol. The van der Waals surface area contributed by atoms with Crippen molar-refractivity contribution in [3.8, 4) is 0 Å². The molecule has 78 valence electrons. The average molecular weight is 189 g/mol. The number of nitrogens with one attached hydrogen (secondary N) is 1. The Morgan fingerprint density at radius 1 is 1.54 bits per heavy atom. The van der Waals surface area contributed by atoms with Crippen LogP contribution in [0.2, 0.25) is 0 Å². The minimum atomic E-state index is -0.374. The van der Waals surface area contributed by atoms with E-state index in [0.717, 1.165) is 13.0 Å². The third-order valence-electron chi connectivity index (χ3n) is 2.40. The fourth-order valence-corrected chi connectivity index (χ4v) is 1.41. The molecule has 3 N–H and O–H groups in total. The summed E-state index contributed by atoms with van der Waals surface area (Å²) in [5.41, 5.74) is 0. The molecule has 1 rings (SSSR count). The Morgan fingerprint density at radius 2 is 2.31 bits per heavy atom. The smallest absolute Gasteiger partial charge is 0.0948 e. The first-order chi connectivity index (χ1) is 6.24. The van der Waals surface area contributed by atoms with E-state index in [9.17, 15) is 5.11 Å². The van der Waals surface area contributed by atoms with E-state index in [-0.39, 0.29) is 18.8 Å². The lowest BCUT2D eigenvalue weighted by Gasteiger charge is -2.17. The lowest BCUT2D eigenvalue weighted by molar-refractivity contribution is 0.122. The summed E-state index contributed by atoms with van der Waals surface area (Å²) < 4.78 is 5.10. The fraction of sp³-hybridized carbons (Fsp3) is 1.00. The molecule has 4 heteroatoms. The van der Waals surface area contributed by atoms with E-state index in [1.807, 2.05) is 0 Å². The Kier molecular flexibility index (Phi) is 4.66. The molecule has 0 radical (unpaired) electrons. The molecule has 1 aliphatic rings. The zero-order chi connectivity index (χ0) is 9.68. The van der Waals surface area contributed by atoms with Gasteiger partial charge in [-0.15, -0.1) is 0 Å². The van der Waals surface area contributed by atoms with Gasteiger partial charge < -0.3 is 20.3 Å². The van der Waals surface area contributed by atoms with Crippen molar-refractivity contribution in [1.29, 1.82) is 0 Å². The first-order valence-corrected chi connectivity index (χ1v) is 4.84. The van der Waals surface area contributed by atoms with Gasteiger partial charge in [0.2, 0.25) is 0 Å². The molecule has 0 aliphatic carbocycles. The van der Waals surface area contributed by atoms with Gasteiger partial charge in [-0.05, 0) is 18.9 Å².